The summed E-state index contributed by atoms with van der Waals surface area (Å²) in [4.78, 5) is 15.6. The number of carbonyl (C=O) groups excluding carboxylic acids is 1. The highest BCUT2D eigenvalue weighted by atomic mass is 79.9. The van der Waals surface area contributed by atoms with Crippen molar-refractivity contribution in [2.75, 3.05) is 5.32 Å². The van der Waals surface area contributed by atoms with E-state index in [1.165, 1.54) is 6.20 Å². The molecule has 6 heteroatoms. The van der Waals surface area contributed by atoms with Gasteiger partial charge in [-0.15, -0.1) is 0 Å². The Balaban J connectivity index is 1.89. The molecular weight excluding hydrogens is 342 g/mol. The molecule has 2 aromatic rings. The normalized spacial score (nSPS) is 10.5. The minimum absolute atomic E-state index is 0.372. The van der Waals surface area contributed by atoms with Gasteiger partial charge in [0.2, 0.25) is 0 Å². The first kappa shape index (κ1) is 14.6. The van der Waals surface area contributed by atoms with E-state index in [0.29, 0.717) is 10.8 Å². The van der Waals surface area contributed by atoms with Crippen LogP contribution in [-0.2, 0) is 0 Å². The summed E-state index contributed by atoms with van der Waals surface area (Å²) in [6.07, 6.45) is 4.85. The summed E-state index contributed by atoms with van der Waals surface area (Å²) in [7, 11) is 0. The van der Waals surface area contributed by atoms with Crippen LogP contribution in [0.2, 0.25) is 5.02 Å². The number of aromatic nitrogens is 1. The van der Waals surface area contributed by atoms with E-state index in [9.17, 15) is 4.79 Å². The Morgan fingerprint density at radius 3 is 2.75 bits per heavy atom. The summed E-state index contributed by atoms with van der Waals surface area (Å²) in [6, 6.07) is 10.5. The van der Waals surface area contributed by atoms with Crippen molar-refractivity contribution in [3.63, 3.8) is 0 Å². The van der Waals surface area contributed by atoms with Gasteiger partial charge < -0.3 is 5.32 Å². The van der Waals surface area contributed by atoms with E-state index < -0.39 is 0 Å². The van der Waals surface area contributed by atoms with Crippen molar-refractivity contribution in [1.82, 2.24) is 10.3 Å². The molecule has 2 rings (SSSR count). The number of benzene rings is 1. The molecule has 1 aromatic heterocycles. The molecule has 1 heterocycles. The average Bonchev–Trinajstić information content (AvgIpc) is 2.43. The monoisotopic (exact) mass is 351 g/mol. The van der Waals surface area contributed by atoms with Gasteiger partial charge in [0.15, 0.2) is 0 Å². The Morgan fingerprint density at radius 2 is 2.05 bits per heavy atom. The van der Waals surface area contributed by atoms with Gasteiger partial charge >= 0.3 is 6.03 Å². The van der Waals surface area contributed by atoms with Crippen LogP contribution in [0.3, 0.4) is 0 Å². The van der Waals surface area contributed by atoms with Crippen molar-refractivity contribution in [2.45, 2.75) is 0 Å². The minimum Gasteiger partial charge on any atom is -0.314 e. The predicted octanol–water partition coefficient (Wildman–Crippen LogP) is 4.29. The maximum absolute atomic E-state index is 11.6. The molecule has 1 aromatic carbocycles. The number of amides is 2. The smallest absolute Gasteiger partial charge is 0.314 e. The van der Waals surface area contributed by atoms with E-state index in [2.05, 4.69) is 31.5 Å². The van der Waals surface area contributed by atoms with Gasteiger partial charge in [-0.2, -0.15) is 0 Å². The molecule has 0 bridgehead atoms. The SMILES string of the molecule is O=C(N/C=C/c1ccccc1Cl)Nc1ccc(Br)cn1. The molecule has 2 N–H and O–H groups in total. The standard InChI is InChI=1S/C14H11BrClN3O/c15-11-5-6-13(18-9-11)19-14(20)17-8-7-10-3-1-2-4-12(10)16/h1-9H,(H2,17,18,19,20)/b8-7+. The Bertz CT molecular complexity index is 629. The zero-order valence-corrected chi connectivity index (χ0v) is 12.6. The van der Waals surface area contributed by atoms with Crippen molar-refractivity contribution in [1.29, 1.82) is 0 Å². The largest absolute Gasteiger partial charge is 0.324 e. The molecule has 0 aliphatic carbocycles. The molecule has 102 valence electrons. The fourth-order valence-corrected chi connectivity index (χ4v) is 1.85. The van der Waals surface area contributed by atoms with Crippen LogP contribution in [0.25, 0.3) is 6.08 Å². The number of pyridine rings is 1. The van der Waals surface area contributed by atoms with Gasteiger partial charge in [-0.3, -0.25) is 5.32 Å². The van der Waals surface area contributed by atoms with E-state index in [1.807, 2.05) is 18.2 Å². The first-order valence-corrected chi connectivity index (χ1v) is 6.92. The van der Waals surface area contributed by atoms with Crippen molar-refractivity contribution in [3.05, 3.63) is 63.9 Å². The molecule has 0 unspecified atom stereocenters. The van der Waals surface area contributed by atoms with Gasteiger partial charge in [0.25, 0.3) is 0 Å². The van der Waals surface area contributed by atoms with Crippen molar-refractivity contribution in [2.24, 2.45) is 0 Å². The molecule has 0 fully saturated rings. The highest BCUT2D eigenvalue weighted by molar-refractivity contribution is 9.10. The topological polar surface area (TPSA) is 54.0 Å². The number of rotatable bonds is 3. The Labute approximate surface area is 130 Å². The van der Waals surface area contributed by atoms with Crippen LogP contribution >= 0.6 is 27.5 Å². The van der Waals surface area contributed by atoms with Gasteiger partial charge in [-0.25, -0.2) is 9.78 Å². The Hall–Kier alpha value is -1.85. The second-order valence-electron chi connectivity index (χ2n) is 3.81. The van der Waals surface area contributed by atoms with Crippen molar-refractivity contribution in [3.8, 4) is 0 Å². The molecule has 20 heavy (non-hydrogen) atoms. The fraction of sp³-hybridized carbons (Fsp3) is 0. The summed E-state index contributed by atoms with van der Waals surface area (Å²) in [5.74, 6) is 0.469. The molecule has 0 saturated carbocycles. The third-order valence-electron chi connectivity index (χ3n) is 2.35. The molecule has 0 atom stereocenters. The number of hydrogen-bond acceptors (Lipinski definition) is 2. The second kappa shape index (κ2) is 7.07. The Morgan fingerprint density at radius 1 is 1.25 bits per heavy atom. The van der Waals surface area contributed by atoms with E-state index in [4.69, 9.17) is 11.6 Å². The zero-order valence-electron chi connectivity index (χ0n) is 10.3. The molecule has 2 amide bonds. The number of urea groups is 1. The first-order valence-electron chi connectivity index (χ1n) is 5.75. The number of hydrogen-bond donors (Lipinski definition) is 2. The summed E-state index contributed by atoms with van der Waals surface area (Å²) in [5, 5.41) is 5.81. The predicted molar refractivity (Wildman–Crippen MR) is 84.6 cm³/mol. The van der Waals surface area contributed by atoms with Crippen molar-refractivity contribution < 1.29 is 4.79 Å². The summed E-state index contributed by atoms with van der Waals surface area (Å²) < 4.78 is 0.849. The van der Waals surface area contributed by atoms with Crippen LogP contribution in [0.1, 0.15) is 5.56 Å². The van der Waals surface area contributed by atoms with Crippen LogP contribution in [0, 0.1) is 0 Å². The molecule has 0 saturated heterocycles. The maximum Gasteiger partial charge on any atom is 0.324 e. The van der Waals surface area contributed by atoms with E-state index >= 15 is 0 Å². The molecule has 4 nitrogen and oxygen atoms in total. The van der Waals surface area contributed by atoms with Gasteiger partial charge in [0.05, 0.1) is 0 Å². The third-order valence-corrected chi connectivity index (χ3v) is 3.16. The van der Waals surface area contributed by atoms with Crippen molar-refractivity contribution >= 4 is 45.5 Å². The maximum atomic E-state index is 11.6. The molecule has 0 aliphatic rings. The molecule has 0 spiro atoms. The summed E-state index contributed by atoms with van der Waals surface area (Å²) in [6.45, 7) is 0. The third kappa shape index (κ3) is 4.36. The summed E-state index contributed by atoms with van der Waals surface area (Å²) >= 11 is 9.26. The van der Waals surface area contributed by atoms with Gasteiger partial charge in [0.1, 0.15) is 5.82 Å². The Kier molecular flexibility index (Phi) is 5.15. The lowest BCUT2D eigenvalue weighted by molar-refractivity contribution is 0.255. The number of carbonyl (C=O) groups is 1. The number of nitrogens with zero attached hydrogens (tertiary/aromatic N) is 1. The molecular formula is C14H11BrClN3O. The van der Waals surface area contributed by atoms with E-state index in [0.717, 1.165) is 10.0 Å². The highest BCUT2D eigenvalue weighted by Gasteiger charge is 2.00. The molecule has 0 aliphatic heterocycles. The van der Waals surface area contributed by atoms with Crippen LogP contribution in [-0.4, -0.2) is 11.0 Å². The fourth-order valence-electron chi connectivity index (χ4n) is 1.42. The second-order valence-corrected chi connectivity index (χ2v) is 5.14. The average molecular weight is 353 g/mol. The van der Waals surface area contributed by atoms with Crippen LogP contribution < -0.4 is 10.6 Å². The van der Waals surface area contributed by atoms with Crippen LogP contribution in [0.15, 0.2) is 53.3 Å². The van der Waals surface area contributed by atoms with E-state index in [-0.39, 0.29) is 6.03 Å². The quantitative estimate of drug-likeness (QED) is 0.866. The first-order chi connectivity index (χ1) is 9.65. The van der Waals surface area contributed by atoms with Crippen LogP contribution in [0.4, 0.5) is 10.6 Å². The number of nitrogens with one attached hydrogen (secondary N) is 2. The van der Waals surface area contributed by atoms with Crippen LogP contribution in [0.5, 0.6) is 0 Å². The lowest BCUT2D eigenvalue weighted by Crippen LogP contribution is -2.24. The van der Waals surface area contributed by atoms with E-state index in [1.54, 1.807) is 30.5 Å². The van der Waals surface area contributed by atoms with Gasteiger partial charge in [-0.1, -0.05) is 29.8 Å². The summed E-state index contributed by atoms with van der Waals surface area (Å²) in [5.41, 5.74) is 0.830. The minimum atomic E-state index is -0.372. The van der Waals surface area contributed by atoms with Gasteiger partial charge in [0, 0.05) is 21.9 Å². The lowest BCUT2D eigenvalue weighted by Gasteiger charge is -2.03. The zero-order chi connectivity index (χ0) is 14.4. The lowest BCUT2D eigenvalue weighted by atomic mass is 10.2. The number of halogens is 2. The number of anilines is 1. The molecule has 0 radical (unpaired) electrons. The highest BCUT2D eigenvalue weighted by Crippen LogP contribution is 2.15. The van der Waals surface area contributed by atoms with Gasteiger partial charge in [-0.05, 0) is 45.8 Å².